The minimum Gasteiger partial charge on any atom is -0.493 e. The first-order chi connectivity index (χ1) is 6.66. The van der Waals surface area contributed by atoms with E-state index in [0.29, 0.717) is 0 Å². The molecule has 0 aliphatic rings. The van der Waals surface area contributed by atoms with E-state index in [0.717, 1.165) is 23.7 Å². The molecule has 0 aliphatic heterocycles. The van der Waals surface area contributed by atoms with Gasteiger partial charge >= 0.3 is 0 Å². The highest BCUT2D eigenvalue weighted by Gasteiger charge is 2.04. The fraction of sp³-hybridized carbons (Fsp3) is 0.500. The van der Waals surface area contributed by atoms with Crippen LogP contribution in [0.4, 0.5) is 0 Å². The number of rotatable bonds is 4. The Morgan fingerprint density at radius 1 is 1.21 bits per heavy atom. The molecule has 0 aromatic heterocycles. The zero-order chi connectivity index (χ0) is 10.6. The van der Waals surface area contributed by atoms with Crippen molar-refractivity contribution in [3.05, 3.63) is 23.3 Å². The van der Waals surface area contributed by atoms with E-state index in [1.165, 1.54) is 17.5 Å². The van der Waals surface area contributed by atoms with Crippen molar-refractivity contribution in [3.63, 3.8) is 0 Å². The van der Waals surface area contributed by atoms with Gasteiger partial charge in [0.15, 0.2) is 0 Å². The molecule has 1 aromatic rings. The molecule has 0 unspecified atom stereocenters. The van der Waals surface area contributed by atoms with Crippen molar-refractivity contribution < 1.29 is 4.74 Å². The first kappa shape index (κ1) is 11.4. The molecule has 0 saturated heterocycles. The number of hydrogen-bond donors (Lipinski definition) is 1. The molecule has 0 saturated carbocycles. The van der Waals surface area contributed by atoms with Crippen LogP contribution in [-0.4, -0.2) is 6.61 Å². The van der Waals surface area contributed by atoms with Gasteiger partial charge in [-0.2, -0.15) is 0 Å². The highest BCUT2D eigenvalue weighted by atomic mass is 32.1. The predicted octanol–water partition coefficient (Wildman–Crippen LogP) is 3.77. The smallest absolute Gasteiger partial charge is 0.122 e. The van der Waals surface area contributed by atoms with Gasteiger partial charge in [-0.05, 0) is 43.5 Å². The summed E-state index contributed by atoms with van der Waals surface area (Å²) in [6, 6.07) is 3.99. The minimum absolute atomic E-state index is 0.808. The van der Waals surface area contributed by atoms with Crippen LogP contribution in [0.1, 0.15) is 30.9 Å². The van der Waals surface area contributed by atoms with Gasteiger partial charge in [0.05, 0.1) is 6.61 Å². The van der Waals surface area contributed by atoms with Crippen molar-refractivity contribution in [1.82, 2.24) is 0 Å². The van der Waals surface area contributed by atoms with Gasteiger partial charge in [-0.1, -0.05) is 13.3 Å². The molecule has 14 heavy (non-hydrogen) atoms. The van der Waals surface area contributed by atoms with E-state index < -0.39 is 0 Å². The van der Waals surface area contributed by atoms with E-state index in [-0.39, 0.29) is 0 Å². The highest BCUT2D eigenvalue weighted by Crippen LogP contribution is 2.26. The van der Waals surface area contributed by atoms with Crippen molar-refractivity contribution in [2.24, 2.45) is 0 Å². The zero-order valence-corrected chi connectivity index (χ0v) is 10.0. The highest BCUT2D eigenvalue weighted by molar-refractivity contribution is 7.80. The quantitative estimate of drug-likeness (QED) is 0.588. The topological polar surface area (TPSA) is 9.23 Å². The first-order valence-corrected chi connectivity index (χ1v) is 5.53. The Morgan fingerprint density at radius 2 is 1.93 bits per heavy atom. The van der Waals surface area contributed by atoms with Crippen molar-refractivity contribution >= 4 is 12.6 Å². The molecule has 1 aromatic carbocycles. The lowest BCUT2D eigenvalue weighted by Crippen LogP contribution is -1.99. The lowest BCUT2D eigenvalue weighted by atomic mass is 10.1. The fourth-order valence-corrected chi connectivity index (χ4v) is 1.51. The van der Waals surface area contributed by atoms with E-state index in [9.17, 15) is 0 Å². The van der Waals surface area contributed by atoms with Crippen LogP contribution >= 0.6 is 12.6 Å². The number of unbranched alkanes of at least 4 members (excludes halogenated alkanes) is 1. The maximum atomic E-state index is 5.68. The van der Waals surface area contributed by atoms with E-state index in [2.05, 4.69) is 33.4 Å². The summed E-state index contributed by atoms with van der Waals surface area (Å²) in [5, 5.41) is 0. The largest absolute Gasteiger partial charge is 0.493 e. The van der Waals surface area contributed by atoms with Gasteiger partial charge in [0.2, 0.25) is 0 Å². The Hall–Kier alpha value is -0.630. The first-order valence-electron chi connectivity index (χ1n) is 5.08. The van der Waals surface area contributed by atoms with E-state index in [1.807, 2.05) is 12.1 Å². The Balaban J connectivity index is 2.73. The molecule has 1 rings (SSSR count). The van der Waals surface area contributed by atoms with Crippen LogP contribution < -0.4 is 4.74 Å². The van der Waals surface area contributed by atoms with Gasteiger partial charge in [-0.15, -0.1) is 12.6 Å². The number of ether oxygens (including phenoxy) is 1. The summed E-state index contributed by atoms with van der Waals surface area (Å²) in [7, 11) is 0. The Labute approximate surface area is 91.9 Å². The monoisotopic (exact) mass is 210 g/mol. The summed E-state index contributed by atoms with van der Waals surface area (Å²) in [5.41, 5.74) is 2.41. The second-order valence-electron chi connectivity index (χ2n) is 3.53. The molecule has 0 aliphatic carbocycles. The van der Waals surface area contributed by atoms with Crippen LogP contribution in [0.2, 0.25) is 0 Å². The molecule has 0 heterocycles. The molecule has 0 atom stereocenters. The Kier molecular flexibility index (Phi) is 4.33. The summed E-state index contributed by atoms with van der Waals surface area (Å²) in [6.45, 7) is 7.13. The van der Waals surface area contributed by atoms with Crippen molar-refractivity contribution in [2.75, 3.05) is 6.61 Å². The molecule has 1 nitrogen and oxygen atoms in total. The molecule has 78 valence electrons. The maximum absolute atomic E-state index is 5.68. The van der Waals surface area contributed by atoms with Crippen LogP contribution in [0.5, 0.6) is 5.75 Å². The summed E-state index contributed by atoms with van der Waals surface area (Å²) < 4.78 is 5.68. The third-order valence-electron chi connectivity index (χ3n) is 2.46. The van der Waals surface area contributed by atoms with Crippen molar-refractivity contribution in [1.29, 1.82) is 0 Å². The SMILES string of the molecule is CCCCOc1ccc(S)c(C)c1C. The van der Waals surface area contributed by atoms with Gasteiger partial charge in [-0.25, -0.2) is 0 Å². The average Bonchev–Trinajstić information content (AvgIpc) is 2.18. The molecule has 0 bridgehead atoms. The molecule has 0 amide bonds. The van der Waals surface area contributed by atoms with Crippen LogP contribution in [0.15, 0.2) is 17.0 Å². The Morgan fingerprint density at radius 3 is 2.57 bits per heavy atom. The average molecular weight is 210 g/mol. The number of benzene rings is 1. The molecular weight excluding hydrogens is 192 g/mol. The molecule has 0 fully saturated rings. The third kappa shape index (κ3) is 2.68. The second-order valence-corrected chi connectivity index (χ2v) is 4.02. The van der Waals surface area contributed by atoms with E-state index >= 15 is 0 Å². The summed E-state index contributed by atoms with van der Waals surface area (Å²) >= 11 is 4.37. The maximum Gasteiger partial charge on any atom is 0.122 e. The third-order valence-corrected chi connectivity index (χ3v) is 2.95. The minimum atomic E-state index is 0.808. The van der Waals surface area contributed by atoms with Crippen LogP contribution in [0.3, 0.4) is 0 Å². The van der Waals surface area contributed by atoms with Crippen molar-refractivity contribution in [3.8, 4) is 5.75 Å². The molecule has 0 radical (unpaired) electrons. The van der Waals surface area contributed by atoms with Gasteiger partial charge in [0, 0.05) is 4.90 Å². The lowest BCUT2D eigenvalue weighted by molar-refractivity contribution is 0.307. The summed E-state index contributed by atoms with van der Waals surface area (Å²) in [4.78, 5) is 1.03. The molecule has 0 N–H and O–H groups in total. The predicted molar refractivity (Wildman–Crippen MR) is 63.6 cm³/mol. The van der Waals surface area contributed by atoms with Crippen LogP contribution in [0.25, 0.3) is 0 Å². The van der Waals surface area contributed by atoms with Crippen LogP contribution in [-0.2, 0) is 0 Å². The van der Waals surface area contributed by atoms with E-state index in [4.69, 9.17) is 4.74 Å². The summed E-state index contributed by atoms with van der Waals surface area (Å²) in [5.74, 6) is 0.994. The van der Waals surface area contributed by atoms with Gasteiger partial charge in [0.25, 0.3) is 0 Å². The Bertz CT molecular complexity index is 307. The second kappa shape index (κ2) is 5.30. The van der Waals surface area contributed by atoms with E-state index in [1.54, 1.807) is 0 Å². The number of thiol groups is 1. The summed E-state index contributed by atoms with van der Waals surface area (Å²) in [6.07, 6.45) is 2.28. The molecule has 0 spiro atoms. The molecule has 2 heteroatoms. The zero-order valence-electron chi connectivity index (χ0n) is 9.13. The van der Waals surface area contributed by atoms with Gasteiger partial charge in [0.1, 0.15) is 5.75 Å². The number of hydrogen-bond acceptors (Lipinski definition) is 2. The van der Waals surface area contributed by atoms with Gasteiger partial charge < -0.3 is 4.74 Å². The fourth-order valence-electron chi connectivity index (χ4n) is 1.26. The standard InChI is InChI=1S/C12H18OS/c1-4-5-8-13-11-6-7-12(14)10(3)9(11)2/h6-7,14H,4-5,8H2,1-3H3. The van der Waals surface area contributed by atoms with Gasteiger partial charge in [-0.3, -0.25) is 0 Å². The normalized spacial score (nSPS) is 10.3. The molecular formula is C12H18OS. The lowest BCUT2D eigenvalue weighted by Gasteiger charge is -2.11. The van der Waals surface area contributed by atoms with Crippen molar-refractivity contribution in [2.45, 2.75) is 38.5 Å². The van der Waals surface area contributed by atoms with Crippen LogP contribution in [0, 0.1) is 13.8 Å².